The van der Waals surface area contributed by atoms with Gasteiger partial charge in [0.2, 0.25) is 23.5 Å². The number of ketones is 1. The van der Waals surface area contributed by atoms with Crippen molar-refractivity contribution in [3.8, 4) is 5.75 Å². The number of oxime groups is 1. The topological polar surface area (TPSA) is 156 Å². The normalized spacial score (nSPS) is 21.1. The summed E-state index contributed by atoms with van der Waals surface area (Å²) in [5.41, 5.74) is 1.11. The summed E-state index contributed by atoms with van der Waals surface area (Å²) in [6.07, 6.45) is 2.93. The number of benzene rings is 2. The van der Waals surface area contributed by atoms with Crippen LogP contribution in [0.4, 0.5) is 0 Å². The van der Waals surface area contributed by atoms with Crippen molar-refractivity contribution < 1.29 is 33.5 Å². The second kappa shape index (κ2) is 15.4. The number of hydrogen-bond acceptors (Lipinski definition) is 8. The van der Waals surface area contributed by atoms with E-state index in [0.717, 1.165) is 24.0 Å². The van der Waals surface area contributed by atoms with E-state index in [2.05, 4.69) is 21.1 Å². The molecule has 5 rings (SSSR count). The Balaban J connectivity index is 1.40. The van der Waals surface area contributed by atoms with Gasteiger partial charge in [0.15, 0.2) is 5.60 Å². The zero-order chi connectivity index (χ0) is 35.3. The average molecular weight is 694 g/mol. The second-order valence-corrected chi connectivity index (χ2v) is 13.9. The summed E-state index contributed by atoms with van der Waals surface area (Å²) in [7, 11) is 0. The van der Waals surface area contributed by atoms with Gasteiger partial charge in [0.1, 0.15) is 17.8 Å². The molecular weight excluding hydrogens is 650 g/mol. The van der Waals surface area contributed by atoms with Crippen LogP contribution in [-0.4, -0.2) is 82.4 Å². The van der Waals surface area contributed by atoms with E-state index in [0.29, 0.717) is 29.3 Å². The van der Waals surface area contributed by atoms with Crippen molar-refractivity contribution in [3.05, 3.63) is 64.7 Å². The van der Waals surface area contributed by atoms with E-state index in [1.807, 2.05) is 39.0 Å². The molecule has 3 N–H and O–H groups in total. The number of carbonyl (C=O) groups is 5. The lowest BCUT2D eigenvalue weighted by atomic mass is 9.91. The fourth-order valence-electron chi connectivity index (χ4n) is 6.28. The van der Waals surface area contributed by atoms with Crippen molar-refractivity contribution in [1.82, 2.24) is 20.9 Å². The molecule has 2 heterocycles. The van der Waals surface area contributed by atoms with Gasteiger partial charge in [-0.05, 0) is 62.9 Å². The molecule has 13 heteroatoms. The third-order valence-electron chi connectivity index (χ3n) is 8.74. The Morgan fingerprint density at radius 2 is 1.80 bits per heavy atom. The van der Waals surface area contributed by atoms with Crippen LogP contribution >= 0.6 is 11.6 Å². The van der Waals surface area contributed by atoms with Gasteiger partial charge in [-0.3, -0.25) is 24.0 Å². The summed E-state index contributed by atoms with van der Waals surface area (Å²) in [6, 6.07) is 11.3. The lowest BCUT2D eigenvalue weighted by molar-refractivity contribution is -0.143. The highest BCUT2D eigenvalue weighted by atomic mass is 35.5. The van der Waals surface area contributed by atoms with Crippen molar-refractivity contribution >= 4 is 46.7 Å². The van der Waals surface area contributed by atoms with Crippen LogP contribution in [-0.2, 0) is 35.2 Å². The highest BCUT2D eigenvalue weighted by molar-refractivity contribution is 6.38. The number of Topliss-reactive ketones (excluding diaryl/α,β-unsaturated/α-hetero) is 1. The first-order chi connectivity index (χ1) is 23.4. The molecule has 4 amide bonds. The molecular formula is C36H44ClN5O7. The van der Waals surface area contributed by atoms with Gasteiger partial charge in [0.25, 0.3) is 5.91 Å². The van der Waals surface area contributed by atoms with Crippen molar-refractivity contribution in [2.75, 3.05) is 6.54 Å². The Kier molecular flexibility index (Phi) is 11.3. The number of nitrogens with one attached hydrogen (secondary N) is 3. The number of likely N-dealkylation sites (tertiary alicyclic amines) is 1. The molecule has 4 atom stereocenters. The lowest BCUT2D eigenvalue weighted by Crippen LogP contribution is -2.56. The van der Waals surface area contributed by atoms with Crippen molar-refractivity contribution in [2.24, 2.45) is 5.16 Å². The van der Waals surface area contributed by atoms with Crippen LogP contribution in [0.3, 0.4) is 0 Å². The number of halogens is 1. The van der Waals surface area contributed by atoms with Crippen molar-refractivity contribution in [2.45, 2.75) is 109 Å². The molecule has 0 aromatic heterocycles. The van der Waals surface area contributed by atoms with E-state index >= 15 is 0 Å². The minimum Gasteiger partial charge on any atom is -0.491 e. The molecule has 3 aliphatic rings. The standard InChI is InChI=1S/C36H44ClN5O7/c1-5-7-28(32(44)34(46)39-26-12-13-26)40-33(45)31-19-36(18-30(41-49-36)24-8-6-9-25(37)17-24)20-42(31)35(47)29(38-22(4)43)16-23-10-14-27(15-11-23)48-21(2)3/h6,8-11,14-15,17,21,26,28-29,31H,5,7,12-13,16,18-20H2,1-4H3,(H,38,43)(H,39,46)(H,40,45)/t28-,29-,31-,36+/m0/s1. The first-order valence-electron chi connectivity index (χ1n) is 16.9. The number of hydrogen-bond donors (Lipinski definition) is 3. The summed E-state index contributed by atoms with van der Waals surface area (Å²) < 4.78 is 5.74. The number of ether oxygens (including phenoxy) is 1. The minimum absolute atomic E-state index is 0.00327. The zero-order valence-electron chi connectivity index (χ0n) is 28.3. The highest BCUT2D eigenvalue weighted by Gasteiger charge is 2.55. The molecule has 49 heavy (non-hydrogen) atoms. The summed E-state index contributed by atoms with van der Waals surface area (Å²) in [6.45, 7) is 7.04. The van der Waals surface area contributed by atoms with Crippen molar-refractivity contribution in [1.29, 1.82) is 0 Å². The van der Waals surface area contributed by atoms with Crippen LogP contribution < -0.4 is 20.7 Å². The SMILES string of the molecule is CCC[C@H](NC(=O)[C@@H]1C[C@]2(CC(c3cccc(Cl)c3)=NO2)CN1C(=O)[C@H](Cc1ccc(OC(C)C)cc1)NC(C)=O)C(=O)C(=O)NC1CC1. The molecule has 2 aromatic carbocycles. The summed E-state index contributed by atoms with van der Waals surface area (Å²) in [5.74, 6) is -2.27. The van der Waals surface area contributed by atoms with E-state index in [9.17, 15) is 24.0 Å². The first kappa shape index (κ1) is 35.8. The van der Waals surface area contributed by atoms with E-state index in [-0.39, 0.29) is 38.0 Å². The molecule has 2 aromatic rings. The summed E-state index contributed by atoms with van der Waals surface area (Å²) in [5, 5.41) is 13.1. The number of nitrogens with zero attached hydrogens (tertiary/aromatic N) is 2. The number of rotatable bonds is 14. The smallest absolute Gasteiger partial charge is 0.289 e. The highest BCUT2D eigenvalue weighted by Crippen LogP contribution is 2.39. The molecule has 0 unspecified atom stereocenters. The van der Waals surface area contributed by atoms with Crippen LogP contribution in [0.2, 0.25) is 5.02 Å². The number of carbonyl (C=O) groups excluding carboxylic acids is 5. The average Bonchev–Trinajstić information content (AvgIpc) is 3.65. The monoisotopic (exact) mass is 693 g/mol. The Bertz CT molecular complexity index is 1610. The van der Waals surface area contributed by atoms with Gasteiger partial charge in [-0.25, -0.2) is 0 Å². The van der Waals surface area contributed by atoms with E-state index in [1.54, 1.807) is 30.3 Å². The van der Waals surface area contributed by atoms with Gasteiger partial charge in [-0.15, -0.1) is 0 Å². The van der Waals surface area contributed by atoms with Gasteiger partial charge in [0, 0.05) is 42.8 Å². The van der Waals surface area contributed by atoms with Crippen LogP contribution in [0.5, 0.6) is 5.75 Å². The quantitative estimate of drug-likeness (QED) is 0.256. The van der Waals surface area contributed by atoms with Crippen LogP contribution in [0.15, 0.2) is 53.7 Å². The molecule has 0 bridgehead atoms. The Morgan fingerprint density at radius 3 is 2.43 bits per heavy atom. The molecule has 2 aliphatic heterocycles. The van der Waals surface area contributed by atoms with Crippen LogP contribution in [0.25, 0.3) is 0 Å². The van der Waals surface area contributed by atoms with Gasteiger partial charge in [-0.1, -0.05) is 54.4 Å². The van der Waals surface area contributed by atoms with E-state index in [4.69, 9.17) is 21.2 Å². The van der Waals surface area contributed by atoms with E-state index < -0.39 is 53.1 Å². The predicted molar refractivity (Wildman–Crippen MR) is 183 cm³/mol. The maximum Gasteiger partial charge on any atom is 0.289 e. The third kappa shape index (κ3) is 9.17. The molecule has 262 valence electrons. The lowest BCUT2D eigenvalue weighted by Gasteiger charge is -2.29. The van der Waals surface area contributed by atoms with Crippen molar-refractivity contribution in [3.63, 3.8) is 0 Å². The molecule has 1 saturated carbocycles. The number of amides is 4. The third-order valence-corrected chi connectivity index (χ3v) is 8.98. The zero-order valence-corrected chi connectivity index (χ0v) is 29.0. The van der Waals surface area contributed by atoms with Gasteiger partial charge < -0.3 is 30.4 Å². The molecule has 12 nitrogen and oxygen atoms in total. The fraction of sp³-hybridized carbons (Fsp3) is 0.500. The second-order valence-electron chi connectivity index (χ2n) is 13.4. The maximum atomic E-state index is 14.4. The Hall–Kier alpha value is -4.45. The van der Waals surface area contributed by atoms with E-state index in [1.165, 1.54) is 11.8 Å². The summed E-state index contributed by atoms with van der Waals surface area (Å²) >= 11 is 6.23. The largest absolute Gasteiger partial charge is 0.491 e. The van der Waals surface area contributed by atoms with Gasteiger partial charge in [-0.2, -0.15) is 0 Å². The van der Waals surface area contributed by atoms with Gasteiger partial charge in [0.05, 0.1) is 24.4 Å². The molecule has 1 spiro atoms. The Labute approximate surface area is 291 Å². The van der Waals surface area contributed by atoms with Crippen LogP contribution in [0.1, 0.15) is 77.3 Å². The molecule has 0 radical (unpaired) electrons. The summed E-state index contributed by atoms with van der Waals surface area (Å²) in [4.78, 5) is 74.0. The van der Waals surface area contributed by atoms with Gasteiger partial charge >= 0.3 is 0 Å². The molecule has 2 fully saturated rings. The molecule has 1 aliphatic carbocycles. The predicted octanol–water partition coefficient (Wildman–Crippen LogP) is 3.47. The molecule has 1 saturated heterocycles. The fourth-order valence-corrected chi connectivity index (χ4v) is 6.47. The maximum absolute atomic E-state index is 14.4. The minimum atomic E-state index is -1.07. The van der Waals surface area contributed by atoms with Crippen LogP contribution in [0, 0.1) is 0 Å². The Morgan fingerprint density at radius 1 is 1.06 bits per heavy atom. The first-order valence-corrected chi connectivity index (χ1v) is 17.2.